The van der Waals surface area contributed by atoms with Crippen LogP contribution in [0.4, 0.5) is 0 Å². The molecule has 2 rings (SSSR count). The first kappa shape index (κ1) is 19.0. The maximum atomic E-state index is 12.6. The van der Waals surface area contributed by atoms with Gasteiger partial charge in [-0.2, -0.15) is 0 Å². The molecule has 4 nitrogen and oxygen atoms in total. The van der Waals surface area contributed by atoms with Crippen molar-refractivity contribution in [2.24, 2.45) is 0 Å². The predicted molar refractivity (Wildman–Crippen MR) is 99.1 cm³/mol. The number of amides is 1. The molecule has 0 saturated carbocycles. The maximum absolute atomic E-state index is 12.6. The molecule has 0 aliphatic carbocycles. The van der Waals surface area contributed by atoms with E-state index < -0.39 is 22.6 Å². The molecule has 2 unspecified atom stereocenters. The summed E-state index contributed by atoms with van der Waals surface area (Å²) in [6.45, 7) is 6.35. The van der Waals surface area contributed by atoms with Gasteiger partial charge in [0.15, 0.2) is 14.5 Å². The van der Waals surface area contributed by atoms with Crippen molar-refractivity contribution in [1.82, 2.24) is 4.90 Å². The monoisotopic (exact) mass is 383 g/mol. The minimum Gasteiger partial charge on any atom is -0.326 e. The van der Waals surface area contributed by atoms with Gasteiger partial charge in [0.1, 0.15) is 8.07 Å². The molecule has 1 heterocycles. The number of likely N-dealkylation sites (tertiary alicyclic amines) is 1. The average Bonchev–Trinajstić information content (AvgIpc) is 2.86. The molecule has 1 saturated heterocycles. The zero-order chi connectivity index (χ0) is 18.0. The molecule has 0 spiro atoms. The highest BCUT2D eigenvalue weighted by Crippen LogP contribution is 2.24. The zero-order valence-corrected chi connectivity index (χ0v) is 16.7. The summed E-state index contributed by atoms with van der Waals surface area (Å²) in [7, 11) is -5.24. The Balaban J connectivity index is 2.18. The van der Waals surface area contributed by atoms with Crippen molar-refractivity contribution in [2.75, 3.05) is 6.54 Å². The van der Waals surface area contributed by atoms with Gasteiger partial charge in [0.25, 0.3) is 0 Å². The van der Waals surface area contributed by atoms with Gasteiger partial charge in [-0.05, 0) is 18.6 Å². The van der Waals surface area contributed by atoms with E-state index in [9.17, 15) is 13.2 Å². The van der Waals surface area contributed by atoms with Crippen molar-refractivity contribution < 1.29 is 13.2 Å². The Hall–Kier alpha value is -1.29. The van der Waals surface area contributed by atoms with Crippen LogP contribution in [0.2, 0.25) is 19.6 Å². The minimum atomic E-state index is -3.68. The predicted octanol–water partition coefficient (Wildman–Crippen LogP) is 2.90. The van der Waals surface area contributed by atoms with Gasteiger partial charge in [-0.25, -0.2) is 8.42 Å². The van der Waals surface area contributed by atoms with Gasteiger partial charge in [0.2, 0.25) is 5.91 Å². The van der Waals surface area contributed by atoms with Crippen molar-refractivity contribution in [3.8, 4) is 11.5 Å². The van der Waals surface area contributed by atoms with E-state index in [1.54, 1.807) is 18.2 Å². The molecule has 2 atom stereocenters. The van der Waals surface area contributed by atoms with Crippen molar-refractivity contribution >= 4 is 35.4 Å². The number of hydrogen-bond acceptors (Lipinski definition) is 3. The lowest BCUT2D eigenvalue weighted by atomic mass is 10.2. The van der Waals surface area contributed by atoms with Gasteiger partial charge in [0, 0.05) is 6.42 Å². The van der Waals surface area contributed by atoms with Crippen molar-refractivity contribution in [1.29, 1.82) is 0 Å². The molecular formula is C17H22ClNO3SSi. The van der Waals surface area contributed by atoms with Crippen LogP contribution in [-0.4, -0.2) is 44.6 Å². The Morgan fingerprint density at radius 2 is 1.92 bits per heavy atom. The Bertz CT molecular complexity index is 763. The molecule has 0 bridgehead atoms. The van der Waals surface area contributed by atoms with Gasteiger partial charge in [-0.3, -0.25) is 4.79 Å². The molecule has 1 amide bonds. The fourth-order valence-corrected chi connectivity index (χ4v) is 4.67. The standard InChI is InChI=1S/C17H22ClNO3SSi/c1-24(2,3)12-11-14-9-10-17(20)19(14)13-16(18)23(21,22)15-7-5-4-6-8-15/h4-8,14,16H,9-10,13H2,1-3H3. The van der Waals surface area contributed by atoms with E-state index in [0.717, 1.165) is 0 Å². The molecule has 1 aromatic rings. The smallest absolute Gasteiger partial charge is 0.223 e. The number of nitrogens with zero attached hydrogens (tertiary/aromatic N) is 1. The van der Waals surface area contributed by atoms with Crippen molar-refractivity contribution in [3.63, 3.8) is 0 Å². The Morgan fingerprint density at radius 3 is 2.50 bits per heavy atom. The van der Waals surface area contributed by atoms with Gasteiger partial charge >= 0.3 is 0 Å². The summed E-state index contributed by atoms with van der Waals surface area (Å²) in [5.41, 5.74) is 3.26. The van der Waals surface area contributed by atoms with Crippen LogP contribution in [0.15, 0.2) is 35.2 Å². The number of carbonyl (C=O) groups is 1. The quantitative estimate of drug-likeness (QED) is 0.456. The zero-order valence-electron chi connectivity index (χ0n) is 14.1. The second-order valence-corrected chi connectivity index (χ2v) is 14.6. The summed E-state index contributed by atoms with van der Waals surface area (Å²) in [6, 6.07) is 7.84. The van der Waals surface area contributed by atoms with Crippen LogP contribution in [0, 0.1) is 11.5 Å². The van der Waals surface area contributed by atoms with E-state index in [4.69, 9.17) is 11.6 Å². The third kappa shape index (κ3) is 4.62. The first-order valence-electron chi connectivity index (χ1n) is 7.86. The lowest BCUT2D eigenvalue weighted by molar-refractivity contribution is -0.128. The summed E-state index contributed by atoms with van der Waals surface area (Å²) < 4.78 is 23.9. The van der Waals surface area contributed by atoms with Gasteiger partial charge in [-0.1, -0.05) is 43.8 Å². The topological polar surface area (TPSA) is 54.5 Å². The van der Waals surface area contributed by atoms with E-state index in [1.165, 1.54) is 17.0 Å². The minimum absolute atomic E-state index is 0.0390. The van der Waals surface area contributed by atoms with Crippen LogP contribution in [-0.2, 0) is 14.6 Å². The molecule has 7 heteroatoms. The van der Waals surface area contributed by atoms with E-state index in [1.807, 2.05) is 0 Å². The molecule has 0 aromatic heterocycles. The van der Waals surface area contributed by atoms with Gasteiger partial charge in [-0.15, -0.1) is 17.1 Å². The summed E-state index contributed by atoms with van der Waals surface area (Å²) in [6.07, 6.45) is 1.02. The second-order valence-electron chi connectivity index (χ2n) is 6.89. The van der Waals surface area contributed by atoms with Crippen molar-refractivity contribution in [3.05, 3.63) is 30.3 Å². The van der Waals surface area contributed by atoms with Crippen LogP contribution in [0.3, 0.4) is 0 Å². The molecular weight excluding hydrogens is 362 g/mol. The number of carbonyl (C=O) groups excluding carboxylic acids is 1. The van der Waals surface area contributed by atoms with Gasteiger partial charge < -0.3 is 4.90 Å². The first-order valence-corrected chi connectivity index (χ1v) is 13.3. The molecule has 1 aromatic carbocycles. The highest BCUT2D eigenvalue weighted by Gasteiger charge is 2.35. The third-order valence-electron chi connectivity index (χ3n) is 3.69. The van der Waals surface area contributed by atoms with E-state index >= 15 is 0 Å². The SMILES string of the molecule is C[Si](C)(C)C#CC1CCC(=O)N1CC(Cl)S(=O)(=O)c1ccccc1. The molecule has 1 aliphatic rings. The Labute approximate surface area is 150 Å². The number of hydrogen-bond donors (Lipinski definition) is 0. The van der Waals surface area contributed by atoms with Crippen LogP contribution < -0.4 is 0 Å². The molecule has 0 N–H and O–H groups in total. The van der Waals surface area contributed by atoms with Crippen LogP contribution >= 0.6 is 11.6 Å². The molecule has 1 fully saturated rings. The number of rotatable bonds is 4. The van der Waals surface area contributed by atoms with Crippen LogP contribution in [0.5, 0.6) is 0 Å². The molecule has 24 heavy (non-hydrogen) atoms. The average molecular weight is 384 g/mol. The largest absolute Gasteiger partial charge is 0.326 e. The van der Waals surface area contributed by atoms with E-state index in [-0.39, 0.29) is 23.4 Å². The number of alkyl halides is 1. The van der Waals surface area contributed by atoms with Crippen LogP contribution in [0.25, 0.3) is 0 Å². The van der Waals surface area contributed by atoms with Crippen molar-refractivity contribution in [2.45, 2.75) is 48.1 Å². The van der Waals surface area contributed by atoms with Gasteiger partial charge in [0.05, 0.1) is 17.5 Å². The normalized spacial score (nSPS) is 19.8. The number of benzene rings is 1. The van der Waals surface area contributed by atoms with E-state index in [2.05, 4.69) is 31.1 Å². The highest BCUT2D eigenvalue weighted by atomic mass is 35.5. The summed E-state index contributed by atoms with van der Waals surface area (Å²) >= 11 is 6.19. The summed E-state index contributed by atoms with van der Waals surface area (Å²) in [5.74, 6) is 3.08. The number of sulfone groups is 1. The fraction of sp³-hybridized carbons (Fsp3) is 0.471. The highest BCUT2D eigenvalue weighted by molar-refractivity contribution is 7.93. The summed E-state index contributed by atoms with van der Waals surface area (Å²) in [4.78, 5) is 13.8. The lowest BCUT2D eigenvalue weighted by Crippen LogP contribution is -2.39. The van der Waals surface area contributed by atoms with E-state index in [0.29, 0.717) is 12.8 Å². The molecule has 1 aliphatic heterocycles. The third-order valence-corrected chi connectivity index (χ3v) is 7.18. The molecule has 130 valence electrons. The Kier molecular flexibility index (Phi) is 5.79. The fourth-order valence-electron chi connectivity index (χ4n) is 2.42. The molecule has 0 radical (unpaired) electrons. The lowest BCUT2D eigenvalue weighted by Gasteiger charge is -2.24. The first-order chi connectivity index (χ1) is 11.1. The second kappa shape index (κ2) is 7.30. The van der Waals surface area contributed by atoms with Crippen LogP contribution in [0.1, 0.15) is 12.8 Å². The number of halogens is 1. The maximum Gasteiger partial charge on any atom is 0.223 e. The Morgan fingerprint density at radius 1 is 1.29 bits per heavy atom. The summed E-state index contributed by atoms with van der Waals surface area (Å²) in [5, 5.41) is 0.